The molecule has 0 saturated heterocycles. The molecule has 5 nitrogen and oxygen atoms in total. The van der Waals surface area contributed by atoms with Crippen LogP contribution in [0.3, 0.4) is 0 Å². The van der Waals surface area contributed by atoms with Gasteiger partial charge in [0, 0.05) is 17.6 Å². The van der Waals surface area contributed by atoms with Crippen LogP contribution >= 0.6 is 11.6 Å². The first-order valence-corrected chi connectivity index (χ1v) is 5.45. The summed E-state index contributed by atoms with van der Waals surface area (Å²) in [7, 11) is 3.38. The summed E-state index contributed by atoms with van der Waals surface area (Å²) in [5, 5.41) is 8.28. The topological polar surface area (TPSA) is 66.0 Å². The summed E-state index contributed by atoms with van der Waals surface area (Å²) in [6.07, 6.45) is 1.64. The molecule has 6 heteroatoms. The molecule has 2 aromatic rings. The number of rotatable bonds is 3. The van der Waals surface area contributed by atoms with Gasteiger partial charge in [-0.3, -0.25) is 4.68 Å². The predicted octanol–water partition coefficient (Wildman–Crippen LogP) is 1.53. The zero-order valence-electron chi connectivity index (χ0n) is 9.59. The van der Waals surface area contributed by atoms with E-state index in [-0.39, 0.29) is 6.04 Å². The Morgan fingerprint density at radius 3 is 2.82 bits per heavy atom. The third-order valence-corrected chi connectivity index (χ3v) is 2.83. The molecule has 17 heavy (non-hydrogen) atoms. The van der Waals surface area contributed by atoms with Gasteiger partial charge in [-0.05, 0) is 12.1 Å². The molecule has 0 aliphatic rings. The summed E-state index contributed by atoms with van der Waals surface area (Å²) < 4.78 is 6.91. The molecule has 1 aromatic carbocycles. The summed E-state index contributed by atoms with van der Waals surface area (Å²) in [5.41, 5.74) is 7.82. The Bertz CT molecular complexity index is 526. The summed E-state index contributed by atoms with van der Waals surface area (Å²) in [4.78, 5) is 0. The minimum Gasteiger partial charge on any atom is -0.496 e. The average Bonchev–Trinajstić information content (AvgIpc) is 2.74. The molecule has 0 aliphatic carbocycles. The standard InChI is InChI=1S/C11H13ClN4O/c1-16-9(6-14-15-16)11(13)8-4-3-7(12)5-10(8)17-2/h3-6,11H,13H2,1-2H3. The van der Waals surface area contributed by atoms with Crippen molar-refractivity contribution in [2.24, 2.45) is 12.8 Å². The van der Waals surface area contributed by atoms with Crippen molar-refractivity contribution in [3.05, 3.63) is 40.7 Å². The van der Waals surface area contributed by atoms with Crippen molar-refractivity contribution in [1.82, 2.24) is 15.0 Å². The van der Waals surface area contributed by atoms with Gasteiger partial charge in [0.25, 0.3) is 0 Å². The minimum absolute atomic E-state index is 0.345. The quantitative estimate of drug-likeness (QED) is 0.900. The first kappa shape index (κ1) is 11.9. The second kappa shape index (κ2) is 4.73. The molecule has 0 fully saturated rings. The van der Waals surface area contributed by atoms with Crippen LogP contribution in [-0.2, 0) is 7.05 Å². The lowest BCUT2D eigenvalue weighted by Crippen LogP contribution is -2.16. The van der Waals surface area contributed by atoms with E-state index in [0.29, 0.717) is 10.8 Å². The predicted molar refractivity (Wildman–Crippen MR) is 65.0 cm³/mol. The number of nitrogens with zero attached hydrogens (tertiary/aromatic N) is 3. The maximum Gasteiger partial charge on any atom is 0.125 e. The SMILES string of the molecule is COc1cc(Cl)ccc1C(N)c1cnnn1C. The van der Waals surface area contributed by atoms with Gasteiger partial charge >= 0.3 is 0 Å². The Kier molecular flexibility index (Phi) is 3.31. The van der Waals surface area contributed by atoms with E-state index in [2.05, 4.69) is 10.3 Å². The lowest BCUT2D eigenvalue weighted by atomic mass is 10.0. The van der Waals surface area contributed by atoms with Crippen LogP contribution in [0.15, 0.2) is 24.4 Å². The number of hydrogen-bond donors (Lipinski definition) is 1. The van der Waals surface area contributed by atoms with Gasteiger partial charge < -0.3 is 10.5 Å². The van der Waals surface area contributed by atoms with Crippen LogP contribution in [0.2, 0.25) is 5.02 Å². The van der Waals surface area contributed by atoms with Gasteiger partial charge in [-0.15, -0.1) is 5.10 Å². The summed E-state index contributed by atoms with van der Waals surface area (Å²) in [6, 6.07) is 5.02. The van der Waals surface area contributed by atoms with Crippen molar-refractivity contribution in [3.63, 3.8) is 0 Å². The third-order valence-electron chi connectivity index (χ3n) is 2.60. The van der Waals surface area contributed by atoms with Crippen molar-refractivity contribution >= 4 is 11.6 Å². The number of benzene rings is 1. The highest BCUT2D eigenvalue weighted by Gasteiger charge is 2.17. The normalized spacial score (nSPS) is 12.5. The van der Waals surface area contributed by atoms with Crippen LogP contribution in [0.4, 0.5) is 0 Å². The molecule has 0 amide bonds. The van der Waals surface area contributed by atoms with Crippen LogP contribution in [-0.4, -0.2) is 22.1 Å². The number of halogens is 1. The molecule has 1 unspecified atom stereocenters. The number of nitrogens with two attached hydrogens (primary N) is 1. The fourth-order valence-corrected chi connectivity index (χ4v) is 1.84. The first-order valence-electron chi connectivity index (χ1n) is 5.07. The summed E-state index contributed by atoms with van der Waals surface area (Å²) in [5.74, 6) is 0.659. The number of aryl methyl sites for hydroxylation is 1. The zero-order chi connectivity index (χ0) is 12.4. The van der Waals surface area contributed by atoms with Crippen LogP contribution < -0.4 is 10.5 Å². The van der Waals surface area contributed by atoms with Gasteiger partial charge in [0.05, 0.1) is 25.0 Å². The Labute approximate surface area is 104 Å². The van der Waals surface area contributed by atoms with Crippen molar-refractivity contribution < 1.29 is 4.74 Å². The number of methoxy groups -OCH3 is 1. The highest BCUT2D eigenvalue weighted by Crippen LogP contribution is 2.30. The molecule has 0 spiro atoms. The molecular formula is C11H13ClN4O. The largest absolute Gasteiger partial charge is 0.496 e. The van der Waals surface area contributed by atoms with Crippen molar-refractivity contribution in [3.8, 4) is 5.75 Å². The van der Waals surface area contributed by atoms with Crippen LogP contribution in [0, 0.1) is 0 Å². The van der Waals surface area contributed by atoms with E-state index in [4.69, 9.17) is 22.1 Å². The Morgan fingerprint density at radius 2 is 2.24 bits per heavy atom. The van der Waals surface area contributed by atoms with Crippen LogP contribution in [0.25, 0.3) is 0 Å². The van der Waals surface area contributed by atoms with E-state index in [0.717, 1.165) is 11.3 Å². The van der Waals surface area contributed by atoms with Gasteiger partial charge in [0.1, 0.15) is 5.75 Å². The Hall–Kier alpha value is -1.59. The molecule has 2 rings (SSSR count). The van der Waals surface area contributed by atoms with E-state index in [1.165, 1.54) is 0 Å². The zero-order valence-corrected chi connectivity index (χ0v) is 10.3. The number of ether oxygens (including phenoxy) is 1. The van der Waals surface area contributed by atoms with Gasteiger partial charge in [-0.2, -0.15) is 0 Å². The van der Waals surface area contributed by atoms with Gasteiger partial charge in [-0.1, -0.05) is 22.9 Å². The molecule has 1 aromatic heterocycles. The fraction of sp³-hybridized carbons (Fsp3) is 0.273. The lowest BCUT2D eigenvalue weighted by molar-refractivity contribution is 0.407. The monoisotopic (exact) mass is 252 g/mol. The van der Waals surface area contributed by atoms with Crippen molar-refractivity contribution in [1.29, 1.82) is 0 Å². The molecule has 0 saturated carbocycles. The van der Waals surface area contributed by atoms with E-state index >= 15 is 0 Å². The maximum atomic E-state index is 6.16. The summed E-state index contributed by atoms with van der Waals surface area (Å²) in [6.45, 7) is 0. The third kappa shape index (κ3) is 2.25. The molecule has 90 valence electrons. The van der Waals surface area contributed by atoms with E-state index < -0.39 is 0 Å². The highest BCUT2D eigenvalue weighted by atomic mass is 35.5. The average molecular weight is 253 g/mol. The smallest absolute Gasteiger partial charge is 0.125 e. The molecule has 0 bridgehead atoms. The summed E-state index contributed by atoms with van der Waals surface area (Å²) >= 11 is 5.91. The number of hydrogen-bond acceptors (Lipinski definition) is 4. The first-order chi connectivity index (χ1) is 8.13. The van der Waals surface area contributed by atoms with E-state index in [9.17, 15) is 0 Å². The molecule has 0 aliphatic heterocycles. The molecule has 1 heterocycles. The lowest BCUT2D eigenvalue weighted by Gasteiger charge is -2.15. The fourth-order valence-electron chi connectivity index (χ4n) is 1.68. The molecule has 2 N–H and O–H groups in total. The van der Waals surface area contributed by atoms with Crippen LogP contribution in [0.5, 0.6) is 5.75 Å². The van der Waals surface area contributed by atoms with Gasteiger partial charge in [0.15, 0.2) is 0 Å². The Balaban J connectivity index is 2.44. The van der Waals surface area contributed by atoms with Gasteiger partial charge in [-0.25, -0.2) is 0 Å². The van der Waals surface area contributed by atoms with Gasteiger partial charge in [0.2, 0.25) is 0 Å². The van der Waals surface area contributed by atoms with Crippen LogP contribution in [0.1, 0.15) is 17.3 Å². The number of aromatic nitrogens is 3. The molecule has 0 radical (unpaired) electrons. The van der Waals surface area contributed by atoms with E-state index in [1.54, 1.807) is 37.2 Å². The highest BCUT2D eigenvalue weighted by molar-refractivity contribution is 6.30. The van der Waals surface area contributed by atoms with Crippen molar-refractivity contribution in [2.75, 3.05) is 7.11 Å². The second-order valence-corrected chi connectivity index (χ2v) is 4.08. The van der Waals surface area contributed by atoms with Crippen molar-refractivity contribution in [2.45, 2.75) is 6.04 Å². The molecule has 1 atom stereocenters. The second-order valence-electron chi connectivity index (χ2n) is 3.65. The Morgan fingerprint density at radius 1 is 1.47 bits per heavy atom. The van der Waals surface area contributed by atoms with E-state index in [1.807, 2.05) is 6.07 Å². The minimum atomic E-state index is -0.345. The molecular weight excluding hydrogens is 240 g/mol. The maximum absolute atomic E-state index is 6.16.